The van der Waals surface area contributed by atoms with Crippen molar-refractivity contribution in [1.82, 2.24) is 10.6 Å². The zero-order valence-corrected chi connectivity index (χ0v) is 12.4. The molecule has 3 aliphatic rings. The number of piperidine rings is 1. The molecular formula is C14H21F3N2O2. The SMILES string of the molecule is CC1OC(C)C(NC(=O)[C@@]23CNC[C@]2(C(F)(F)F)C3)C1C. The van der Waals surface area contributed by atoms with Gasteiger partial charge in [-0.05, 0) is 20.3 Å². The largest absolute Gasteiger partial charge is 0.396 e. The molecule has 4 nitrogen and oxygen atoms in total. The van der Waals surface area contributed by atoms with Crippen molar-refractivity contribution in [2.45, 2.75) is 51.6 Å². The van der Waals surface area contributed by atoms with Gasteiger partial charge < -0.3 is 15.4 Å². The van der Waals surface area contributed by atoms with Crippen LogP contribution in [0.1, 0.15) is 27.2 Å². The van der Waals surface area contributed by atoms with E-state index in [1.54, 1.807) is 0 Å². The quantitative estimate of drug-likeness (QED) is 0.812. The Morgan fingerprint density at radius 3 is 2.38 bits per heavy atom. The van der Waals surface area contributed by atoms with Crippen molar-refractivity contribution >= 4 is 5.91 Å². The summed E-state index contributed by atoms with van der Waals surface area (Å²) in [4.78, 5) is 12.5. The number of nitrogens with one attached hydrogen (secondary N) is 2. The predicted molar refractivity (Wildman–Crippen MR) is 69.5 cm³/mol. The number of alkyl halides is 3. The molecule has 0 radical (unpaired) electrons. The molecule has 0 aromatic heterocycles. The van der Waals surface area contributed by atoms with Crippen molar-refractivity contribution < 1.29 is 22.7 Å². The standard InChI is InChI=1S/C14H21F3N2O2/c1-7-8(2)21-9(3)10(7)19-11(20)12-4-13(12,6-18-5-12)14(15,16)17/h7-10,18H,4-6H2,1-3H3,(H,19,20)/t7?,8?,9?,10?,12-,13-/m1/s1. The molecule has 3 fully saturated rings. The second-order valence-corrected chi connectivity index (χ2v) is 6.85. The number of amides is 1. The number of rotatable bonds is 2. The van der Waals surface area contributed by atoms with Crippen molar-refractivity contribution in [3.63, 3.8) is 0 Å². The highest BCUT2D eigenvalue weighted by Gasteiger charge is 2.84. The van der Waals surface area contributed by atoms with E-state index in [0.29, 0.717) is 0 Å². The van der Waals surface area contributed by atoms with E-state index in [4.69, 9.17) is 4.74 Å². The molecule has 2 aliphatic heterocycles. The first-order valence-electron chi connectivity index (χ1n) is 7.38. The van der Waals surface area contributed by atoms with Gasteiger partial charge in [0.25, 0.3) is 0 Å². The third-order valence-corrected chi connectivity index (χ3v) is 5.77. The molecule has 0 aromatic carbocycles. The summed E-state index contributed by atoms with van der Waals surface area (Å²) in [6.07, 6.45) is -4.63. The van der Waals surface area contributed by atoms with E-state index >= 15 is 0 Å². The van der Waals surface area contributed by atoms with Gasteiger partial charge in [-0.1, -0.05) is 6.92 Å². The molecule has 120 valence electrons. The van der Waals surface area contributed by atoms with E-state index in [0.717, 1.165) is 0 Å². The third-order valence-electron chi connectivity index (χ3n) is 5.77. The Balaban J connectivity index is 1.76. The number of hydrogen-bond donors (Lipinski definition) is 2. The summed E-state index contributed by atoms with van der Waals surface area (Å²) in [5.41, 5.74) is -3.20. The minimum Gasteiger partial charge on any atom is -0.373 e. The molecule has 1 amide bonds. The van der Waals surface area contributed by atoms with Crippen LogP contribution in [-0.4, -0.2) is 43.4 Å². The van der Waals surface area contributed by atoms with Crippen LogP contribution in [0.3, 0.4) is 0 Å². The van der Waals surface area contributed by atoms with Crippen LogP contribution in [0.2, 0.25) is 0 Å². The lowest BCUT2D eigenvalue weighted by Crippen LogP contribution is -2.49. The highest BCUT2D eigenvalue weighted by atomic mass is 19.4. The van der Waals surface area contributed by atoms with Crippen LogP contribution in [0.15, 0.2) is 0 Å². The molecule has 21 heavy (non-hydrogen) atoms. The Hall–Kier alpha value is -0.820. The average Bonchev–Trinajstić information content (AvgIpc) is 2.83. The zero-order chi connectivity index (χ0) is 15.6. The second kappa shape index (κ2) is 4.35. The van der Waals surface area contributed by atoms with Gasteiger partial charge in [0.15, 0.2) is 0 Å². The molecule has 1 saturated carbocycles. The van der Waals surface area contributed by atoms with E-state index in [9.17, 15) is 18.0 Å². The predicted octanol–water partition coefficient (Wildman–Crippen LogP) is 1.46. The van der Waals surface area contributed by atoms with Crippen LogP contribution in [-0.2, 0) is 9.53 Å². The molecule has 0 aromatic rings. The van der Waals surface area contributed by atoms with E-state index < -0.39 is 22.9 Å². The lowest BCUT2D eigenvalue weighted by Gasteiger charge is -2.25. The van der Waals surface area contributed by atoms with Gasteiger partial charge in [0.2, 0.25) is 5.91 Å². The van der Waals surface area contributed by atoms with Crippen molar-refractivity contribution in [3.05, 3.63) is 0 Å². The van der Waals surface area contributed by atoms with Gasteiger partial charge in [-0.2, -0.15) is 13.2 Å². The summed E-state index contributed by atoms with van der Waals surface area (Å²) in [7, 11) is 0. The third kappa shape index (κ3) is 1.86. The smallest absolute Gasteiger partial charge is 0.373 e. The number of fused-ring (bicyclic) bond motifs is 1. The molecular weight excluding hydrogens is 285 g/mol. The number of hydrogen-bond acceptors (Lipinski definition) is 3. The maximum absolute atomic E-state index is 13.3. The first kappa shape index (κ1) is 15.1. The Morgan fingerprint density at radius 2 is 1.90 bits per heavy atom. The van der Waals surface area contributed by atoms with Gasteiger partial charge >= 0.3 is 6.18 Å². The molecule has 6 atom stereocenters. The first-order chi connectivity index (χ1) is 9.65. The van der Waals surface area contributed by atoms with Crippen molar-refractivity contribution in [2.75, 3.05) is 13.1 Å². The van der Waals surface area contributed by atoms with Crippen LogP contribution in [0.25, 0.3) is 0 Å². The molecule has 1 aliphatic carbocycles. The van der Waals surface area contributed by atoms with Crippen LogP contribution >= 0.6 is 0 Å². The molecule has 4 unspecified atom stereocenters. The molecule has 0 bridgehead atoms. The highest BCUT2D eigenvalue weighted by Crippen LogP contribution is 2.73. The Kier molecular flexibility index (Phi) is 3.12. The summed E-state index contributed by atoms with van der Waals surface area (Å²) < 4.78 is 45.5. The minimum absolute atomic E-state index is 0.00363. The molecule has 2 heterocycles. The van der Waals surface area contributed by atoms with Crippen molar-refractivity contribution in [1.29, 1.82) is 0 Å². The normalized spacial score (nSPS) is 49.0. The molecule has 7 heteroatoms. The Bertz CT molecular complexity index is 470. The monoisotopic (exact) mass is 306 g/mol. The van der Waals surface area contributed by atoms with Crippen LogP contribution < -0.4 is 10.6 Å². The van der Waals surface area contributed by atoms with E-state index in [-0.39, 0.29) is 43.7 Å². The zero-order valence-electron chi connectivity index (χ0n) is 12.4. The number of carbonyl (C=O) groups is 1. The fraction of sp³-hybridized carbons (Fsp3) is 0.929. The summed E-state index contributed by atoms with van der Waals surface area (Å²) in [5, 5.41) is 5.56. The van der Waals surface area contributed by atoms with Gasteiger partial charge in [0.05, 0.1) is 29.1 Å². The van der Waals surface area contributed by atoms with E-state index in [1.165, 1.54) is 0 Å². The molecule has 2 saturated heterocycles. The minimum atomic E-state index is -4.34. The van der Waals surface area contributed by atoms with Gasteiger partial charge in [0.1, 0.15) is 0 Å². The molecule has 2 N–H and O–H groups in total. The van der Waals surface area contributed by atoms with Crippen LogP contribution in [0, 0.1) is 16.7 Å². The Morgan fingerprint density at radius 1 is 1.24 bits per heavy atom. The summed E-state index contributed by atoms with van der Waals surface area (Å²) in [6.45, 7) is 5.66. The van der Waals surface area contributed by atoms with Crippen molar-refractivity contribution in [2.24, 2.45) is 16.7 Å². The second-order valence-electron chi connectivity index (χ2n) is 6.85. The molecule has 3 rings (SSSR count). The molecule has 0 spiro atoms. The summed E-state index contributed by atoms with van der Waals surface area (Å²) >= 11 is 0. The van der Waals surface area contributed by atoms with Gasteiger partial charge in [-0.15, -0.1) is 0 Å². The van der Waals surface area contributed by atoms with Gasteiger partial charge in [-0.25, -0.2) is 0 Å². The van der Waals surface area contributed by atoms with Crippen LogP contribution in [0.5, 0.6) is 0 Å². The van der Waals surface area contributed by atoms with Gasteiger partial charge in [-0.3, -0.25) is 4.79 Å². The number of carbonyl (C=O) groups excluding carboxylic acids is 1. The number of halogens is 3. The average molecular weight is 306 g/mol. The Labute approximate surface area is 121 Å². The van der Waals surface area contributed by atoms with E-state index in [2.05, 4.69) is 10.6 Å². The van der Waals surface area contributed by atoms with Crippen molar-refractivity contribution in [3.8, 4) is 0 Å². The first-order valence-corrected chi connectivity index (χ1v) is 7.38. The van der Waals surface area contributed by atoms with Gasteiger partial charge in [0, 0.05) is 19.0 Å². The van der Waals surface area contributed by atoms with E-state index in [1.807, 2.05) is 20.8 Å². The fourth-order valence-corrected chi connectivity index (χ4v) is 4.08. The summed E-state index contributed by atoms with van der Waals surface area (Å²) in [5.74, 6) is -0.389. The summed E-state index contributed by atoms with van der Waals surface area (Å²) in [6, 6.07) is -0.228. The highest BCUT2D eigenvalue weighted by molar-refractivity contribution is 5.88. The maximum atomic E-state index is 13.3. The topological polar surface area (TPSA) is 50.4 Å². The number of ether oxygens (including phenoxy) is 1. The lowest BCUT2D eigenvalue weighted by atomic mass is 9.92. The lowest BCUT2D eigenvalue weighted by molar-refractivity contribution is -0.192. The maximum Gasteiger partial charge on any atom is 0.396 e. The fourth-order valence-electron chi connectivity index (χ4n) is 4.08. The van der Waals surface area contributed by atoms with Crippen LogP contribution in [0.4, 0.5) is 13.2 Å².